The number of ether oxygens (including phenoxy) is 3. The summed E-state index contributed by atoms with van der Waals surface area (Å²) in [4.78, 5) is 24.6. The summed E-state index contributed by atoms with van der Waals surface area (Å²) in [5, 5.41) is 2.13. The quantitative estimate of drug-likeness (QED) is 0.503. The maximum absolute atomic E-state index is 13.0. The molecule has 0 radical (unpaired) electrons. The molecular weight excluding hydrogens is 392 g/mol. The molecule has 5 nitrogen and oxygen atoms in total. The monoisotopic (exact) mass is 418 g/mol. The lowest BCUT2D eigenvalue weighted by Crippen LogP contribution is -2.39. The van der Waals surface area contributed by atoms with Gasteiger partial charge in [0.25, 0.3) is 0 Å². The zero-order valence-electron chi connectivity index (χ0n) is 17.5. The third-order valence-corrected chi connectivity index (χ3v) is 5.54. The first-order valence-corrected chi connectivity index (χ1v) is 10.7. The van der Waals surface area contributed by atoms with Crippen LogP contribution in [0.2, 0.25) is 0 Å². The fourth-order valence-corrected chi connectivity index (χ4v) is 4.05. The van der Waals surface area contributed by atoms with Crippen molar-refractivity contribution in [3.8, 4) is 5.75 Å². The predicted octanol–water partition coefficient (Wildman–Crippen LogP) is 5.38. The highest BCUT2D eigenvalue weighted by atomic mass is 16.6. The fourth-order valence-electron chi connectivity index (χ4n) is 4.05. The average molecular weight is 418 g/mol. The third-order valence-electron chi connectivity index (χ3n) is 5.54. The SMILES string of the molecule is CC(=O)O[C@@H](C(=O)O[C@@H]1CCCC[C@H]1Oc1cccc2ccccc12)c1ccccc1. The maximum Gasteiger partial charge on any atom is 0.352 e. The fraction of sp³-hybridized carbons (Fsp3) is 0.308. The van der Waals surface area contributed by atoms with Crippen LogP contribution in [0, 0.1) is 0 Å². The predicted molar refractivity (Wildman–Crippen MR) is 118 cm³/mol. The number of carbonyl (C=O) groups is 2. The van der Waals surface area contributed by atoms with E-state index >= 15 is 0 Å². The number of carbonyl (C=O) groups excluding carboxylic acids is 2. The van der Waals surface area contributed by atoms with Gasteiger partial charge in [-0.25, -0.2) is 4.79 Å². The van der Waals surface area contributed by atoms with E-state index < -0.39 is 24.1 Å². The zero-order valence-corrected chi connectivity index (χ0v) is 17.5. The van der Waals surface area contributed by atoms with Crippen molar-refractivity contribution in [1.29, 1.82) is 0 Å². The van der Waals surface area contributed by atoms with Crippen molar-refractivity contribution >= 4 is 22.7 Å². The lowest BCUT2D eigenvalue weighted by Gasteiger charge is -2.32. The molecule has 5 heteroatoms. The first-order valence-electron chi connectivity index (χ1n) is 10.7. The summed E-state index contributed by atoms with van der Waals surface area (Å²) in [5.41, 5.74) is 0.588. The minimum atomic E-state index is -1.08. The zero-order chi connectivity index (χ0) is 21.6. The van der Waals surface area contributed by atoms with Gasteiger partial charge >= 0.3 is 11.9 Å². The summed E-state index contributed by atoms with van der Waals surface area (Å²) < 4.78 is 17.5. The molecule has 4 rings (SSSR count). The van der Waals surface area contributed by atoms with Gasteiger partial charge in [0.2, 0.25) is 6.10 Å². The van der Waals surface area contributed by atoms with Crippen LogP contribution in [-0.2, 0) is 19.1 Å². The molecule has 0 amide bonds. The molecule has 3 aromatic carbocycles. The summed E-state index contributed by atoms with van der Waals surface area (Å²) in [6.07, 6.45) is 1.73. The summed E-state index contributed by atoms with van der Waals surface area (Å²) in [6.45, 7) is 1.29. The van der Waals surface area contributed by atoms with E-state index in [-0.39, 0.29) is 6.10 Å². The maximum atomic E-state index is 13.0. The van der Waals surface area contributed by atoms with E-state index in [1.165, 1.54) is 6.92 Å². The van der Waals surface area contributed by atoms with Crippen LogP contribution in [0.1, 0.15) is 44.3 Å². The molecule has 0 saturated heterocycles. The van der Waals surface area contributed by atoms with Gasteiger partial charge < -0.3 is 14.2 Å². The van der Waals surface area contributed by atoms with Crippen molar-refractivity contribution in [3.63, 3.8) is 0 Å². The second-order valence-electron chi connectivity index (χ2n) is 7.79. The highest BCUT2D eigenvalue weighted by molar-refractivity contribution is 5.88. The largest absolute Gasteiger partial charge is 0.486 e. The number of hydrogen-bond acceptors (Lipinski definition) is 5. The molecule has 1 aliphatic carbocycles. The number of fused-ring (bicyclic) bond motifs is 1. The number of esters is 2. The summed E-state index contributed by atoms with van der Waals surface area (Å²) >= 11 is 0. The molecule has 0 N–H and O–H groups in total. The van der Waals surface area contributed by atoms with Gasteiger partial charge in [0, 0.05) is 17.9 Å². The van der Waals surface area contributed by atoms with E-state index in [1.54, 1.807) is 24.3 Å². The van der Waals surface area contributed by atoms with Crippen molar-refractivity contribution in [2.45, 2.75) is 50.9 Å². The first kappa shape index (κ1) is 20.9. The summed E-state index contributed by atoms with van der Waals surface area (Å²) in [7, 11) is 0. The van der Waals surface area contributed by atoms with Gasteiger partial charge in [-0.1, -0.05) is 66.7 Å². The molecule has 0 bridgehead atoms. The molecule has 0 aromatic heterocycles. The van der Waals surface area contributed by atoms with Crippen molar-refractivity contribution in [3.05, 3.63) is 78.4 Å². The molecule has 3 atom stereocenters. The molecule has 3 aromatic rings. The van der Waals surface area contributed by atoms with Gasteiger partial charge in [0.15, 0.2) is 0 Å². The second kappa shape index (κ2) is 9.65. The highest BCUT2D eigenvalue weighted by Crippen LogP contribution is 2.32. The van der Waals surface area contributed by atoms with E-state index in [0.717, 1.165) is 35.8 Å². The van der Waals surface area contributed by atoms with Crippen LogP contribution in [-0.4, -0.2) is 24.1 Å². The average Bonchev–Trinajstić information content (AvgIpc) is 2.79. The van der Waals surface area contributed by atoms with Crippen LogP contribution in [0.25, 0.3) is 10.8 Å². The third kappa shape index (κ3) is 5.05. The van der Waals surface area contributed by atoms with E-state index in [4.69, 9.17) is 14.2 Å². The lowest BCUT2D eigenvalue weighted by atomic mass is 9.94. The van der Waals surface area contributed by atoms with Crippen molar-refractivity contribution in [2.24, 2.45) is 0 Å². The Morgan fingerprint density at radius 2 is 1.52 bits per heavy atom. The molecule has 160 valence electrons. The molecule has 1 aliphatic rings. The Hall–Kier alpha value is -3.34. The van der Waals surface area contributed by atoms with Crippen LogP contribution >= 0.6 is 0 Å². The molecule has 0 aliphatic heterocycles. The Labute approximate surface area is 181 Å². The van der Waals surface area contributed by atoms with Crippen LogP contribution < -0.4 is 4.74 Å². The van der Waals surface area contributed by atoms with E-state index in [0.29, 0.717) is 12.0 Å². The summed E-state index contributed by atoms with van der Waals surface area (Å²) in [5.74, 6) is -0.316. The van der Waals surface area contributed by atoms with Gasteiger partial charge in [0.1, 0.15) is 18.0 Å². The normalized spacial score (nSPS) is 19.4. The second-order valence-corrected chi connectivity index (χ2v) is 7.79. The molecule has 1 saturated carbocycles. The minimum Gasteiger partial charge on any atom is -0.486 e. The molecule has 1 fully saturated rings. The molecular formula is C26H26O5. The van der Waals surface area contributed by atoms with Crippen LogP contribution in [0.5, 0.6) is 5.75 Å². The Morgan fingerprint density at radius 3 is 2.29 bits per heavy atom. The molecule has 0 spiro atoms. The Bertz CT molecular complexity index is 1040. The molecule has 0 heterocycles. The lowest BCUT2D eigenvalue weighted by molar-refractivity contribution is -0.176. The van der Waals surface area contributed by atoms with Gasteiger partial charge in [-0.15, -0.1) is 0 Å². The first-order chi connectivity index (χ1) is 15.1. The van der Waals surface area contributed by atoms with Gasteiger partial charge in [-0.3, -0.25) is 4.79 Å². The van der Waals surface area contributed by atoms with Crippen LogP contribution in [0.3, 0.4) is 0 Å². The highest BCUT2D eigenvalue weighted by Gasteiger charge is 2.34. The van der Waals surface area contributed by atoms with Crippen molar-refractivity contribution < 1.29 is 23.8 Å². The van der Waals surface area contributed by atoms with Gasteiger partial charge in [0.05, 0.1) is 0 Å². The Kier molecular flexibility index (Phi) is 6.51. The minimum absolute atomic E-state index is 0.253. The van der Waals surface area contributed by atoms with Crippen molar-refractivity contribution in [1.82, 2.24) is 0 Å². The smallest absolute Gasteiger partial charge is 0.352 e. The Balaban J connectivity index is 1.52. The number of benzene rings is 3. The Morgan fingerprint density at radius 1 is 0.839 bits per heavy atom. The van der Waals surface area contributed by atoms with E-state index in [2.05, 4.69) is 0 Å². The van der Waals surface area contributed by atoms with Crippen molar-refractivity contribution in [2.75, 3.05) is 0 Å². The van der Waals surface area contributed by atoms with E-state index in [9.17, 15) is 9.59 Å². The standard InChI is InChI=1S/C26H26O5/c1-18(27)29-25(20-11-3-2-4-12-20)26(28)31-24-16-8-7-15-23(24)30-22-17-9-13-19-10-5-6-14-21(19)22/h2-6,9-14,17,23-25H,7-8,15-16H2,1H3/t23-,24-,25-/m1/s1. The van der Waals surface area contributed by atoms with Gasteiger partial charge in [-0.05, 0) is 37.1 Å². The van der Waals surface area contributed by atoms with Crippen LogP contribution in [0.15, 0.2) is 72.8 Å². The molecule has 0 unspecified atom stereocenters. The van der Waals surface area contributed by atoms with E-state index in [1.807, 2.05) is 48.5 Å². The topological polar surface area (TPSA) is 61.8 Å². The van der Waals surface area contributed by atoms with Crippen LogP contribution in [0.4, 0.5) is 0 Å². The summed E-state index contributed by atoms with van der Waals surface area (Å²) in [6, 6.07) is 22.9. The number of rotatable bonds is 6. The van der Waals surface area contributed by atoms with Gasteiger partial charge in [-0.2, -0.15) is 0 Å². The molecule has 31 heavy (non-hydrogen) atoms. The number of hydrogen-bond donors (Lipinski definition) is 0.